The van der Waals surface area contributed by atoms with Gasteiger partial charge in [-0.25, -0.2) is 9.37 Å². The molecule has 5 nitrogen and oxygen atoms in total. The third kappa shape index (κ3) is 3.49. The Bertz CT molecular complexity index is 475. The fourth-order valence-corrected chi connectivity index (χ4v) is 2.33. The molecule has 1 heterocycles. The van der Waals surface area contributed by atoms with Crippen LogP contribution in [0.1, 0.15) is 25.7 Å². The fraction of sp³-hybridized carbons (Fsp3) is 0.462. The molecule has 1 amide bonds. The molecule has 2 unspecified atom stereocenters. The Morgan fingerprint density at radius 1 is 1.32 bits per heavy atom. The van der Waals surface area contributed by atoms with Crippen molar-refractivity contribution in [1.29, 1.82) is 0 Å². The molecule has 0 bridgehead atoms. The van der Waals surface area contributed by atoms with Crippen LogP contribution in [0.25, 0.3) is 0 Å². The van der Waals surface area contributed by atoms with E-state index in [1.165, 1.54) is 12.1 Å². The molecule has 0 aromatic carbocycles. The summed E-state index contributed by atoms with van der Waals surface area (Å²) in [6.07, 6.45) is 3.40. The zero-order valence-corrected chi connectivity index (χ0v) is 10.3. The number of pyridine rings is 1. The van der Waals surface area contributed by atoms with Crippen LogP contribution >= 0.6 is 0 Å². The number of carbonyl (C=O) groups is 2. The van der Waals surface area contributed by atoms with Crippen LogP contribution in [0.4, 0.5) is 10.2 Å². The number of carboxylic acid groups (broad SMARTS) is 1. The number of hydrogen-bond acceptors (Lipinski definition) is 3. The number of carboxylic acids is 1. The van der Waals surface area contributed by atoms with Crippen LogP contribution < -0.4 is 5.32 Å². The lowest BCUT2D eigenvalue weighted by Gasteiger charge is -2.25. The molecule has 2 N–H and O–H groups in total. The van der Waals surface area contributed by atoms with Gasteiger partial charge in [-0.15, -0.1) is 0 Å². The first-order chi connectivity index (χ1) is 9.06. The lowest BCUT2D eigenvalue weighted by Crippen LogP contribution is -2.31. The van der Waals surface area contributed by atoms with Crippen LogP contribution in [0.15, 0.2) is 18.3 Å². The van der Waals surface area contributed by atoms with Gasteiger partial charge in [-0.2, -0.15) is 0 Å². The van der Waals surface area contributed by atoms with E-state index in [0.717, 1.165) is 12.6 Å². The second-order valence-corrected chi connectivity index (χ2v) is 4.75. The van der Waals surface area contributed by atoms with E-state index in [0.29, 0.717) is 19.3 Å². The predicted molar refractivity (Wildman–Crippen MR) is 65.9 cm³/mol. The first kappa shape index (κ1) is 13.5. The maximum atomic E-state index is 12.7. The number of halogens is 1. The third-order valence-corrected chi connectivity index (χ3v) is 3.37. The van der Waals surface area contributed by atoms with Crippen molar-refractivity contribution in [2.75, 3.05) is 5.32 Å². The second kappa shape index (κ2) is 5.77. The highest BCUT2D eigenvalue weighted by Crippen LogP contribution is 2.29. The molecule has 1 aliphatic carbocycles. The van der Waals surface area contributed by atoms with Gasteiger partial charge in [0.05, 0.1) is 12.1 Å². The monoisotopic (exact) mass is 266 g/mol. The molecule has 6 heteroatoms. The van der Waals surface area contributed by atoms with E-state index in [1.54, 1.807) is 0 Å². The van der Waals surface area contributed by atoms with E-state index in [9.17, 15) is 14.0 Å². The Hall–Kier alpha value is -1.98. The summed E-state index contributed by atoms with van der Waals surface area (Å²) in [4.78, 5) is 26.7. The summed E-state index contributed by atoms with van der Waals surface area (Å²) >= 11 is 0. The van der Waals surface area contributed by atoms with Crippen LogP contribution in [-0.4, -0.2) is 22.0 Å². The molecular formula is C13H15FN2O3. The molecule has 0 spiro atoms. The van der Waals surface area contributed by atoms with Crippen molar-refractivity contribution in [3.8, 4) is 0 Å². The van der Waals surface area contributed by atoms with Crippen molar-refractivity contribution >= 4 is 17.7 Å². The minimum absolute atomic E-state index is 0.245. The Balaban J connectivity index is 1.96. The summed E-state index contributed by atoms with van der Waals surface area (Å²) in [7, 11) is 0. The zero-order valence-electron chi connectivity index (χ0n) is 10.3. The van der Waals surface area contributed by atoms with Crippen LogP contribution in [0.2, 0.25) is 0 Å². The van der Waals surface area contributed by atoms with Gasteiger partial charge in [-0.1, -0.05) is 6.42 Å². The number of aliphatic carboxylic acids is 1. The minimum atomic E-state index is -0.850. The first-order valence-corrected chi connectivity index (χ1v) is 6.21. The fourth-order valence-electron chi connectivity index (χ4n) is 2.33. The Morgan fingerprint density at radius 3 is 2.68 bits per heavy atom. The normalized spacial score (nSPS) is 22.8. The summed E-state index contributed by atoms with van der Waals surface area (Å²) in [6.45, 7) is 0. The van der Waals surface area contributed by atoms with Gasteiger partial charge in [-0.05, 0) is 31.4 Å². The van der Waals surface area contributed by atoms with Crippen molar-refractivity contribution in [3.63, 3.8) is 0 Å². The summed E-state index contributed by atoms with van der Waals surface area (Å²) in [5.41, 5.74) is 0. The average Bonchev–Trinajstić information content (AvgIpc) is 2.41. The van der Waals surface area contributed by atoms with E-state index in [2.05, 4.69) is 10.3 Å². The van der Waals surface area contributed by atoms with Gasteiger partial charge in [0.1, 0.15) is 11.6 Å². The third-order valence-electron chi connectivity index (χ3n) is 3.37. The Labute approximate surface area is 109 Å². The van der Waals surface area contributed by atoms with Crippen molar-refractivity contribution in [2.24, 2.45) is 11.8 Å². The van der Waals surface area contributed by atoms with Gasteiger partial charge >= 0.3 is 5.97 Å². The molecule has 1 aliphatic rings. The predicted octanol–water partition coefficient (Wildman–Crippen LogP) is 2.05. The number of carbonyl (C=O) groups excluding carboxylic acids is 1. The highest BCUT2D eigenvalue weighted by Gasteiger charge is 2.31. The minimum Gasteiger partial charge on any atom is -0.481 e. The summed E-state index contributed by atoms with van der Waals surface area (Å²) < 4.78 is 12.7. The van der Waals surface area contributed by atoms with Crippen molar-refractivity contribution < 1.29 is 19.1 Å². The largest absolute Gasteiger partial charge is 0.481 e. The number of anilines is 1. The quantitative estimate of drug-likeness (QED) is 0.877. The average molecular weight is 266 g/mol. The van der Waals surface area contributed by atoms with Crippen LogP contribution in [0.5, 0.6) is 0 Å². The van der Waals surface area contributed by atoms with E-state index < -0.39 is 17.7 Å². The SMILES string of the molecule is O=C(O)C1CCCC(C(=O)Nc2ccc(F)cn2)C1. The standard InChI is InChI=1S/C13H15FN2O3/c14-10-4-5-11(15-7-10)16-12(17)8-2-1-3-9(6-8)13(18)19/h4-5,7-9H,1-3,6H2,(H,18,19)(H,15,16,17). The molecule has 0 radical (unpaired) electrons. The van der Waals surface area contributed by atoms with Gasteiger partial charge in [0, 0.05) is 5.92 Å². The van der Waals surface area contributed by atoms with Crippen LogP contribution in [0, 0.1) is 17.7 Å². The lowest BCUT2D eigenvalue weighted by molar-refractivity contribution is -0.143. The molecule has 1 saturated carbocycles. The maximum Gasteiger partial charge on any atom is 0.306 e. The van der Waals surface area contributed by atoms with Gasteiger partial charge in [0.25, 0.3) is 0 Å². The van der Waals surface area contributed by atoms with E-state index >= 15 is 0 Å². The van der Waals surface area contributed by atoms with Crippen molar-refractivity contribution in [3.05, 3.63) is 24.1 Å². The van der Waals surface area contributed by atoms with Crippen molar-refractivity contribution in [1.82, 2.24) is 4.98 Å². The first-order valence-electron chi connectivity index (χ1n) is 6.21. The van der Waals surface area contributed by atoms with Crippen LogP contribution in [0.3, 0.4) is 0 Å². The van der Waals surface area contributed by atoms with E-state index in [1.807, 2.05) is 0 Å². The van der Waals surface area contributed by atoms with Gasteiger partial charge in [-0.3, -0.25) is 9.59 Å². The molecule has 0 aliphatic heterocycles. The highest BCUT2D eigenvalue weighted by molar-refractivity contribution is 5.92. The summed E-state index contributed by atoms with van der Waals surface area (Å²) in [5.74, 6) is -2.06. The lowest BCUT2D eigenvalue weighted by atomic mass is 9.81. The molecule has 19 heavy (non-hydrogen) atoms. The molecule has 1 aromatic rings. The Kier molecular flexibility index (Phi) is 4.09. The number of nitrogens with zero attached hydrogens (tertiary/aromatic N) is 1. The van der Waals surface area contributed by atoms with E-state index in [4.69, 9.17) is 5.11 Å². The zero-order chi connectivity index (χ0) is 13.8. The van der Waals surface area contributed by atoms with Gasteiger partial charge in [0.15, 0.2) is 0 Å². The van der Waals surface area contributed by atoms with Crippen molar-refractivity contribution in [2.45, 2.75) is 25.7 Å². The van der Waals surface area contributed by atoms with E-state index in [-0.39, 0.29) is 17.6 Å². The number of aromatic nitrogens is 1. The molecule has 0 saturated heterocycles. The second-order valence-electron chi connectivity index (χ2n) is 4.75. The molecule has 1 fully saturated rings. The topological polar surface area (TPSA) is 79.3 Å². The molecule has 102 valence electrons. The number of amides is 1. The highest BCUT2D eigenvalue weighted by atomic mass is 19.1. The molecule has 2 atom stereocenters. The molecule has 1 aromatic heterocycles. The molecule has 2 rings (SSSR count). The summed E-state index contributed by atoms with van der Waals surface area (Å²) in [5, 5.41) is 11.6. The smallest absolute Gasteiger partial charge is 0.306 e. The number of nitrogens with one attached hydrogen (secondary N) is 1. The number of hydrogen-bond donors (Lipinski definition) is 2. The number of rotatable bonds is 3. The Morgan fingerprint density at radius 2 is 2.05 bits per heavy atom. The van der Waals surface area contributed by atoms with Gasteiger partial charge < -0.3 is 10.4 Å². The van der Waals surface area contributed by atoms with Crippen LogP contribution in [-0.2, 0) is 9.59 Å². The molecular weight excluding hydrogens is 251 g/mol. The maximum absolute atomic E-state index is 12.7. The summed E-state index contributed by atoms with van der Waals surface area (Å²) in [6, 6.07) is 2.59. The van der Waals surface area contributed by atoms with Gasteiger partial charge in [0.2, 0.25) is 5.91 Å².